The molecule has 4 amide bonds. The second-order valence-electron chi connectivity index (χ2n) is 16.7. The fraction of sp³-hybridized carbons (Fsp3) is 0.362. The molecule has 2 aliphatic heterocycles. The monoisotopic (exact) mass is 840 g/mol. The number of imidazole rings is 2. The number of fused-ring (bicyclic) bond motifs is 6. The van der Waals surface area contributed by atoms with Crippen molar-refractivity contribution in [3.05, 3.63) is 102 Å². The maximum atomic E-state index is 14.0. The predicted molar refractivity (Wildman–Crippen MR) is 234 cm³/mol. The first-order valence-corrected chi connectivity index (χ1v) is 21.0. The molecule has 8 rings (SSSR count). The van der Waals surface area contributed by atoms with E-state index in [4.69, 9.17) is 24.2 Å². The fourth-order valence-electron chi connectivity index (χ4n) is 8.57. The number of hydrogen-bond donors (Lipinski definition) is 4. The third-order valence-electron chi connectivity index (χ3n) is 11.6. The SMILES string of the molecule is COC(=O)N[C@H](C(=O)N(Cc1nc2c(ccc3cc4c(cc32)OCc2cc(-c3cnc([C@@H]5CCCN5C(=O)[C@H](NC(=O)OC)c5ccccc5)[nH]3)ccc2-4)[nH]1)CC(C)C)C(C)C. The quantitative estimate of drug-likeness (QED) is 0.0956. The van der Waals surface area contributed by atoms with Crippen LogP contribution in [0.3, 0.4) is 0 Å². The van der Waals surface area contributed by atoms with Gasteiger partial charge in [-0.2, -0.15) is 0 Å². The molecule has 1 fully saturated rings. The Labute approximate surface area is 359 Å². The van der Waals surface area contributed by atoms with Gasteiger partial charge in [-0.1, -0.05) is 76.2 Å². The largest absolute Gasteiger partial charge is 0.488 e. The summed E-state index contributed by atoms with van der Waals surface area (Å²) in [6, 6.07) is 21.8. The van der Waals surface area contributed by atoms with Crippen LogP contribution in [0.25, 0.3) is 44.2 Å². The molecule has 2 aliphatic rings. The molecule has 6 aromatic rings. The maximum absolute atomic E-state index is 14.0. The minimum absolute atomic E-state index is 0.150. The number of alkyl carbamates (subject to hydrolysis) is 2. The molecule has 15 heteroatoms. The molecule has 2 aromatic heterocycles. The number of rotatable bonds is 12. The zero-order valence-electron chi connectivity index (χ0n) is 35.8. The lowest BCUT2D eigenvalue weighted by Crippen LogP contribution is -2.51. The van der Waals surface area contributed by atoms with Crippen LogP contribution >= 0.6 is 0 Å². The molecule has 0 spiro atoms. The molecule has 0 bridgehead atoms. The van der Waals surface area contributed by atoms with Gasteiger partial charge in [0.2, 0.25) is 5.91 Å². The Kier molecular flexibility index (Phi) is 11.9. The van der Waals surface area contributed by atoms with E-state index in [1.807, 2.05) is 70.2 Å². The lowest BCUT2D eigenvalue weighted by molar-refractivity contribution is -0.136. The van der Waals surface area contributed by atoms with E-state index >= 15 is 0 Å². The zero-order valence-corrected chi connectivity index (χ0v) is 35.8. The van der Waals surface area contributed by atoms with Gasteiger partial charge in [-0.05, 0) is 76.6 Å². The number of ether oxygens (including phenoxy) is 3. The summed E-state index contributed by atoms with van der Waals surface area (Å²) >= 11 is 0. The van der Waals surface area contributed by atoms with Crippen LogP contribution in [0, 0.1) is 11.8 Å². The Morgan fingerprint density at radius 3 is 2.44 bits per heavy atom. The van der Waals surface area contributed by atoms with Crippen molar-refractivity contribution in [3.63, 3.8) is 0 Å². The average molecular weight is 841 g/mol. The van der Waals surface area contributed by atoms with Crippen molar-refractivity contribution in [1.29, 1.82) is 0 Å². The first-order valence-electron chi connectivity index (χ1n) is 21.0. The Balaban J connectivity index is 1.02. The summed E-state index contributed by atoms with van der Waals surface area (Å²) in [5.41, 5.74) is 7.14. The summed E-state index contributed by atoms with van der Waals surface area (Å²) in [6.45, 7) is 9.52. The van der Waals surface area contributed by atoms with Gasteiger partial charge in [0.15, 0.2) is 0 Å². The second-order valence-corrected chi connectivity index (χ2v) is 16.7. The van der Waals surface area contributed by atoms with Crippen molar-refractivity contribution in [2.45, 2.75) is 71.8 Å². The number of likely N-dealkylation sites (tertiary alicyclic amines) is 1. The van der Waals surface area contributed by atoms with Gasteiger partial charge in [-0.25, -0.2) is 19.6 Å². The number of carbonyl (C=O) groups excluding carboxylic acids is 4. The standard InChI is InChI=1S/C47H52N8O7/c1-26(2)23-54(44(56)40(27(3)4)52-46(58)60-5)24-39-49-35-17-15-29-20-34-32-16-14-30(19-31(32)25-62-38(34)21-33(29)42(35)51-39)36-22-48-43(50-36)37-13-10-18-55(37)45(57)41(53-47(59)61-6)28-11-8-7-9-12-28/h7-9,11-12,14-17,19-22,26-27,37,40-41H,10,13,18,23-25H2,1-6H3,(H,48,50)(H,49,51)(H,52,58)(H,53,59)/t37-,40-,41+/m0/s1. The van der Waals surface area contributed by atoms with Gasteiger partial charge in [0.25, 0.3) is 5.91 Å². The van der Waals surface area contributed by atoms with Crippen molar-refractivity contribution in [3.8, 4) is 28.1 Å². The highest BCUT2D eigenvalue weighted by atomic mass is 16.5. The van der Waals surface area contributed by atoms with Crippen LogP contribution in [0.4, 0.5) is 9.59 Å². The molecule has 4 N–H and O–H groups in total. The number of amides is 4. The van der Waals surface area contributed by atoms with E-state index in [0.717, 1.165) is 68.3 Å². The minimum Gasteiger partial charge on any atom is -0.488 e. The van der Waals surface area contributed by atoms with Gasteiger partial charge in [0, 0.05) is 24.0 Å². The van der Waals surface area contributed by atoms with Crippen molar-refractivity contribution in [1.82, 2.24) is 40.4 Å². The Morgan fingerprint density at radius 1 is 0.919 bits per heavy atom. The molecule has 4 aromatic carbocycles. The van der Waals surface area contributed by atoms with Crippen molar-refractivity contribution < 1.29 is 33.4 Å². The van der Waals surface area contributed by atoms with Crippen LogP contribution in [0.15, 0.2) is 79.0 Å². The molecule has 0 unspecified atom stereocenters. The van der Waals surface area contributed by atoms with Gasteiger partial charge in [0.05, 0.1) is 49.7 Å². The molecule has 1 saturated heterocycles. The van der Waals surface area contributed by atoms with Gasteiger partial charge >= 0.3 is 12.2 Å². The first-order chi connectivity index (χ1) is 29.9. The van der Waals surface area contributed by atoms with Gasteiger partial charge in [-0.3, -0.25) is 9.59 Å². The van der Waals surface area contributed by atoms with Crippen LogP contribution in [0.5, 0.6) is 5.75 Å². The number of aromatic nitrogens is 4. The lowest BCUT2D eigenvalue weighted by atomic mass is 9.92. The number of benzene rings is 4. The molecule has 0 radical (unpaired) electrons. The fourth-order valence-corrected chi connectivity index (χ4v) is 8.57. The lowest BCUT2D eigenvalue weighted by Gasteiger charge is -2.30. The van der Waals surface area contributed by atoms with Gasteiger partial charge in [-0.15, -0.1) is 0 Å². The molecule has 322 valence electrons. The van der Waals surface area contributed by atoms with Gasteiger partial charge in [0.1, 0.15) is 36.1 Å². The van der Waals surface area contributed by atoms with Crippen molar-refractivity contribution in [2.75, 3.05) is 27.3 Å². The van der Waals surface area contributed by atoms with E-state index in [2.05, 4.69) is 50.9 Å². The summed E-state index contributed by atoms with van der Waals surface area (Å²) < 4.78 is 16.1. The van der Waals surface area contributed by atoms with E-state index in [9.17, 15) is 19.2 Å². The number of nitrogens with one attached hydrogen (secondary N) is 4. The highest BCUT2D eigenvalue weighted by Crippen LogP contribution is 2.43. The van der Waals surface area contributed by atoms with Crippen LogP contribution in [-0.2, 0) is 32.2 Å². The number of H-pyrrole nitrogens is 2. The van der Waals surface area contributed by atoms with Crippen molar-refractivity contribution >= 4 is 45.8 Å². The Hall–Kier alpha value is -6.90. The molecule has 15 nitrogen and oxygen atoms in total. The smallest absolute Gasteiger partial charge is 0.407 e. The number of hydrogen-bond acceptors (Lipinski definition) is 9. The van der Waals surface area contributed by atoms with Crippen LogP contribution in [-0.4, -0.2) is 87.1 Å². The topological polar surface area (TPSA) is 184 Å². The Morgan fingerprint density at radius 2 is 1.69 bits per heavy atom. The summed E-state index contributed by atoms with van der Waals surface area (Å²) in [4.78, 5) is 72.4. The van der Waals surface area contributed by atoms with Crippen LogP contribution < -0.4 is 15.4 Å². The molecular weight excluding hydrogens is 789 g/mol. The second kappa shape index (κ2) is 17.6. The third-order valence-corrected chi connectivity index (χ3v) is 11.6. The number of nitrogens with zero attached hydrogens (tertiary/aromatic N) is 4. The highest BCUT2D eigenvalue weighted by Gasteiger charge is 2.37. The van der Waals surface area contributed by atoms with E-state index in [1.165, 1.54) is 14.2 Å². The summed E-state index contributed by atoms with van der Waals surface area (Å²) in [5.74, 6) is 1.70. The van der Waals surface area contributed by atoms with E-state index in [0.29, 0.717) is 36.9 Å². The molecular formula is C47H52N8O7. The number of aromatic amines is 2. The highest BCUT2D eigenvalue weighted by molar-refractivity contribution is 6.07. The maximum Gasteiger partial charge on any atom is 0.407 e. The molecule has 0 saturated carbocycles. The van der Waals surface area contributed by atoms with E-state index < -0.39 is 24.3 Å². The summed E-state index contributed by atoms with van der Waals surface area (Å²) in [7, 11) is 2.56. The third kappa shape index (κ3) is 8.39. The predicted octanol–water partition coefficient (Wildman–Crippen LogP) is 7.79. The summed E-state index contributed by atoms with van der Waals surface area (Å²) in [5, 5.41) is 7.35. The number of carbonyl (C=O) groups is 4. The minimum atomic E-state index is -0.897. The molecule has 4 heterocycles. The first kappa shape index (κ1) is 41.8. The van der Waals surface area contributed by atoms with Gasteiger partial charge < -0.3 is 44.6 Å². The molecule has 62 heavy (non-hydrogen) atoms. The zero-order chi connectivity index (χ0) is 43.7. The van der Waals surface area contributed by atoms with Crippen molar-refractivity contribution in [2.24, 2.45) is 11.8 Å². The molecule has 3 atom stereocenters. The average Bonchev–Trinajstić information content (AvgIpc) is 4.06. The van der Waals surface area contributed by atoms with Crippen LogP contribution in [0.1, 0.15) is 75.4 Å². The molecule has 0 aliphatic carbocycles. The van der Waals surface area contributed by atoms with E-state index in [-0.39, 0.29) is 36.2 Å². The van der Waals surface area contributed by atoms with Crippen LogP contribution in [0.2, 0.25) is 0 Å². The normalized spacial score (nSPS) is 15.5. The van der Waals surface area contributed by atoms with E-state index in [1.54, 1.807) is 16.0 Å². The number of methoxy groups -OCH3 is 2. The summed E-state index contributed by atoms with van der Waals surface area (Å²) in [6.07, 6.45) is 2.01. The Bertz CT molecular complexity index is 2640.